The molecule has 0 amide bonds. The number of furan rings is 1. The Hall–Kier alpha value is -2.34. The molecule has 0 bridgehead atoms. The van der Waals surface area contributed by atoms with Crippen LogP contribution in [0, 0.1) is 0 Å². The predicted octanol–water partition coefficient (Wildman–Crippen LogP) is 2.15. The van der Waals surface area contributed by atoms with Crippen molar-refractivity contribution in [3.05, 3.63) is 30.5 Å². The summed E-state index contributed by atoms with van der Waals surface area (Å²) in [4.78, 5) is 6.78. The van der Waals surface area contributed by atoms with Crippen LogP contribution in [0.1, 0.15) is 12.8 Å². The Morgan fingerprint density at radius 3 is 2.90 bits per heavy atom. The molecule has 1 fully saturated rings. The van der Waals surface area contributed by atoms with Gasteiger partial charge in [-0.2, -0.15) is 4.98 Å². The third-order valence-corrected chi connectivity index (χ3v) is 4.03. The minimum absolute atomic E-state index is 0.303. The Bertz CT molecular complexity index is 754. The highest BCUT2D eigenvalue weighted by Gasteiger charge is 2.20. The van der Waals surface area contributed by atoms with Gasteiger partial charge in [-0.25, -0.2) is 0 Å². The third kappa shape index (κ3) is 2.17. The summed E-state index contributed by atoms with van der Waals surface area (Å²) in [7, 11) is 0. The van der Waals surface area contributed by atoms with Crippen LogP contribution in [0.3, 0.4) is 0 Å². The summed E-state index contributed by atoms with van der Waals surface area (Å²) in [5.41, 5.74) is 7.73. The maximum absolute atomic E-state index is 5.93. The molecule has 3 heterocycles. The van der Waals surface area contributed by atoms with Crippen molar-refractivity contribution in [2.45, 2.75) is 18.9 Å². The summed E-state index contributed by atoms with van der Waals surface area (Å²) in [6.45, 7) is 1.81. The summed E-state index contributed by atoms with van der Waals surface area (Å²) < 4.78 is 5.55. The molecule has 1 aromatic carbocycles. The maximum atomic E-state index is 5.93. The standard InChI is InChI=1S/C15H17N5O/c16-10-5-7-20(8-6-10)15-17-14(18-19-15)12-9-21-13-4-2-1-3-11(12)13/h1-4,9-10H,5-8,16H2,(H,17,18,19). The summed E-state index contributed by atoms with van der Waals surface area (Å²) >= 11 is 0. The molecule has 21 heavy (non-hydrogen) atoms. The molecule has 0 aliphatic carbocycles. The number of piperidine rings is 1. The van der Waals surface area contributed by atoms with Crippen LogP contribution in [-0.4, -0.2) is 34.3 Å². The number of nitrogens with one attached hydrogen (secondary N) is 1. The molecule has 0 saturated carbocycles. The quantitative estimate of drug-likeness (QED) is 0.752. The third-order valence-electron chi connectivity index (χ3n) is 4.03. The lowest BCUT2D eigenvalue weighted by atomic mass is 10.1. The second-order valence-electron chi connectivity index (χ2n) is 5.45. The van der Waals surface area contributed by atoms with Crippen LogP contribution in [0.4, 0.5) is 5.95 Å². The van der Waals surface area contributed by atoms with E-state index >= 15 is 0 Å². The molecule has 0 radical (unpaired) electrons. The molecule has 108 valence electrons. The average molecular weight is 283 g/mol. The maximum Gasteiger partial charge on any atom is 0.245 e. The highest BCUT2D eigenvalue weighted by atomic mass is 16.3. The van der Waals surface area contributed by atoms with E-state index in [1.807, 2.05) is 24.3 Å². The second-order valence-corrected chi connectivity index (χ2v) is 5.45. The van der Waals surface area contributed by atoms with E-state index in [1.54, 1.807) is 6.26 Å². The number of para-hydroxylation sites is 1. The van der Waals surface area contributed by atoms with Crippen molar-refractivity contribution in [2.24, 2.45) is 5.73 Å². The van der Waals surface area contributed by atoms with E-state index in [1.165, 1.54) is 0 Å². The average Bonchev–Trinajstić information content (AvgIpc) is 3.14. The van der Waals surface area contributed by atoms with E-state index in [0.29, 0.717) is 6.04 Å². The van der Waals surface area contributed by atoms with E-state index in [4.69, 9.17) is 10.2 Å². The lowest BCUT2D eigenvalue weighted by Gasteiger charge is -2.28. The molecule has 1 aliphatic rings. The first-order valence-corrected chi connectivity index (χ1v) is 7.21. The van der Waals surface area contributed by atoms with Crippen LogP contribution in [0.25, 0.3) is 22.4 Å². The molecule has 1 saturated heterocycles. The van der Waals surface area contributed by atoms with Gasteiger partial charge in [-0.15, -0.1) is 5.10 Å². The lowest BCUT2D eigenvalue weighted by molar-refractivity contribution is 0.496. The van der Waals surface area contributed by atoms with E-state index in [0.717, 1.165) is 54.2 Å². The van der Waals surface area contributed by atoms with Crippen LogP contribution in [-0.2, 0) is 0 Å². The number of H-pyrrole nitrogens is 1. The van der Waals surface area contributed by atoms with Gasteiger partial charge in [0.25, 0.3) is 0 Å². The van der Waals surface area contributed by atoms with Crippen molar-refractivity contribution in [1.82, 2.24) is 15.2 Å². The second kappa shape index (κ2) is 4.89. The van der Waals surface area contributed by atoms with Crippen LogP contribution in [0.5, 0.6) is 0 Å². The topological polar surface area (TPSA) is 84.0 Å². The van der Waals surface area contributed by atoms with Crippen molar-refractivity contribution >= 4 is 16.9 Å². The molecule has 0 atom stereocenters. The predicted molar refractivity (Wildman–Crippen MR) is 81.0 cm³/mol. The normalized spacial score (nSPS) is 16.7. The van der Waals surface area contributed by atoms with Crippen LogP contribution in [0.15, 0.2) is 34.9 Å². The molecule has 2 aromatic heterocycles. The molecule has 6 heteroatoms. The van der Waals surface area contributed by atoms with Crippen molar-refractivity contribution in [3.8, 4) is 11.4 Å². The molecule has 0 unspecified atom stereocenters. The number of aromatic amines is 1. The molecular weight excluding hydrogens is 266 g/mol. The molecular formula is C15H17N5O. The van der Waals surface area contributed by atoms with Crippen LogP contribution >= 0.6 is 0 Å². The zero-order valence-corrected chi connectivity index (χ0v) is 11.6. The van der Waals surface area contributed by atoms with Crippen molar-refractivity contribution in [2.75, 3.05) is 18.0 Å². The number of benzene rings is 1. The minimum Gasteiger partial charge on any atom is -0.464 e. The number of anilines is 1. The molecule has 3 aromatic rings. The zero-order valence-electron chi connectivity index (χ0n) is 11.6. The first kappa shape index (κ1) is 12.4. The first-order valence-electron chi connectivity index (χ1n) is 7.21. The number of hydrogen-bond acceptors (Lipinski definition) is 5. The smallest absolute Gasteiger partial charge is 0.245 e. The van der Waals surface area contributed by atoms with Crippen LogP contribution < -0.4 is 10.6 Å². The largest absolute Gasteiger partial charge is 0.464 e. The minimum atomic E-state index is 0.303. The highest BCUT2D eigenvalue weighted by molar-refractivity contribution is 5.92. The lowest BCUT2D eigenvalue weighted by Crippen LogP contribution is -2.40. The fourth-order valence-corrected chi connectivity index (χ4v) is 2.78. The zero-order chi connectivity index (χ0) is 14.2. The van der Waals surface area contributed by atoms with E-state index in [9.17, 15) is 0 Å². The number of aromatic nitrogens is 3. The Morgan fingerprint density at radius 1 is 1.24 bits per heavy atom. The summed E-state index contributed by atoms with van der Waals surface area (Å²) in [6.07, 6.45) is 3.69. The number of fused-ring (bicyclic) bond motifs is 1. The summed E-state index contributed by atoms with van der Waals surface area (Å²) in [5, 5.41) is 8.39. The fourth-order valence-electron chi connectivity index (χ4n) is 2.78. The van der Waals surface area contributed by atoms with Gasteiger partial charge in [0.15, 0.2) is 5.82 Å². The number of nitrogens with zero attached hydrogens (tertiary/aromatic N) is 3. The highest BCUT2D eigenvalue weighted by Crippen LogP contribution is 2.29. The molecule has 6 nitrogen and oxygen atoms in total. The Labute approximate surface area is 122 Å². The Balaban J connectivity index is 1.65. The number of hydrogen-bond donors (Lipinski definition) is 2. The van der Waals surface area contributed by atoms with E-state index in [2.05, 4.69) is 20.1 Å². The monoisotopic (exact) mass is 283 g/mol. The van der Waals surface area contributed by atoms with E-state index in [-0.39, 0.29) is 0 Å². The van der Waals surface area contributed by atoms with Gasteiger partial charge < -0.3 is 15.1 Å². The molecule has 0 spiro atoms. The fraction of sp³-hybridized carbons (Fsp3) is 0.333. The Kier molecular flexibility index (Phi) is 2.89. The molecule has 3 N–H and O–H groups in total. The van der Waals surface area contributed by atoms with Gasteiger partial charge in [0.2, 0.25) is 5.95 Å². The molecule has 1 aliphatic heterocycles. The van der Waals surface area contributed by atoms with Gasteiger partial charge in [0.1, 0.15) is 11.8 Å². The SMILES string of the molecule is NC1CCN(c2n[nH]c(-c3coc4ccccc34)n2)CC1. The van der Waals surface area contributed by atoms with Gasteiger partial charge in [-0.3, -0.25) is 5.10 Å². The number of nitrogens with two attached hydrogens (primary N) is 1. The summed E-state index contributed by atoms with van der Waals surface area (Å²) in [5.74, 6) is 1.48. The first-order chi connectivity index (χ1) is 10.3. The summed E-state index contributed by atoms with van der Waals surface area (Å²) in [6, 6.07) is 8.22. The Morgan fingerprint density at radius 2 is 2.05 bits per heavy atom. The van der Waals surface area contributed by atoms with Gasteiger partial charge in [-0.05, 0) is 18.9 Å². The van der Waals surface area contributed by atoms with Gasteiger partial charge >= 0.3 is 0 Å². The molecule has 4 rings (SSSR count). The van der Waals surface area contributed by atoms with Crippen molar-refractivity contribution in [1.29, 1.82) is 0 Å². The van der Waals surface area contributed by atoms with Crippen molar-refractivity contribution < 1.29 is 4.42 Å². The van der Waals surface area contributed by atoms with Gasteiger partial charge in [0.05, 0.1) is 5.56 Å². The number of rotatable bonds is 2. The van der Waals surface area contributed by atoms with Gasteiger partial charge in [0, 0.05) is 24.5 Å². The van der Waals surface area contributed by atoms with Gasteiger partial charge in [-0.1, -0.05) is 18.2 Å². The van der Waals surface area contributed by atoms with E-state index < -0.39 is 0 Å². The van der Waals surface area contributed by atoms with Crippen LogP contribution in [0.2, 0.25) is 0 Å². The van der Waals surface area contributed by atoms with Crippen molar-refractivity contribution in [3.63, 3.8) is 0 Å².